The Balaban J connectivity index is 1.13. The number of piperazine rings is 1. The lowest BCUT2D eigenvalue weighted by Gasteiger charge is -2.28. The fraction of sp³-hybridized carbons (Fsp3) is 0.615. The van der Waals surface area contributed by atoms with E-state index in [1.165, 1.54) is 19.3 Å². The van der Waals surface area contributed by atoms with Crippen molar-refractivity contribution in [3.63, 3.8) is 0 Å². The summed E-state index contributed by atoms with van der Waals surface area (Å²) in [6, 6.07) is 9.57. The second kappa shape index (κ2) is 15.3. The maximum Gasteiger partial charge on any atom is 0.251 e. The zero-order valence-electron chi connectivity index (χ0n) is 21.6. The van der Waals surface area contributed by atoms with Gasteiger partial charge in [0.1, 0.15) is 0 Å². The molecule has 37 heavy (non-hydrogen) atoms. The van der Waals surface area contributed by atoms with Gasteiger partial charge in [-0.25, -0.2) is 0 Å². The number of hydrogen-bond donors (Lipinski definition) is 4. The molecule has 1 saturated heterocycles. The second-order valence-electron chi connectivity index (χ2n) is 9.27. The molecule has 0 radical (unpaired) electrons. The number of ether oxygens (including phenoxy) is 2. The van der Waals surface area contributed by atoms with Gasteiger partial charge in [0.05, 0.1) is 26.4 Å². The number of hydrogen-bond acceptors (Lipinski definition) is 10. The average Bonchev–Trinajstić information content (AvgIpc) is 2.95. The van der Waals surface area contributed by atoms with E-state index in [4.69, 9.17) is 14.5 Å². The van der Waals surface area contributed by atoms with Crippen molar-refractivity contribution in [2.45, 2.75) is 38.1 Å². The molecule has 11 heteroatoms. The van der Waals surface area contributed by atoms with Gasteiger partial charge in [0.15, 0.2) is 0 Å². The van der Waals surface area contributed by atoms with Gasteiger partial charge in [-0.15, -0.1) is 0 Å². The van der Waals surface area contributed by atoms with Gasteiger partial charge >= 0.3 is 0 Å². The molecule has 0 atom stereocenters. The normalized spacial score (nSPS) is 16.4. The SMILES string of the molecule is O=C(NCCOCCOCCNc1nc(NC2CCCCC2)nc(N2CCNCC2)n1)c1ccccc1. The van der Waals surface area contributed by atoms with Gasteiger partial charge in [-0.3, -0.25) is 4.79 Å². The minimum Gasteiger partial charge on any atom is -0.377 e. The van der Waals surface area contributed by atoms with E-state index in [1.54, 1.807) is 12.1 Å². The Bertz CT molecular complexity index is 937. The second-order valence-corrected chi connectivity index (χ2v) is 9.27. The van der Waals surface area contributed by atoms with Crippen LogP contribution in [0.5, 0.6) is 0 Å². The molecule has 4 rings (SSSR count). The molecule has 0 unspecified atom stereocenters. The van der Waals surface area contributed by atoms with Crippen LogP contribution in [0.25, 0.3) is 0 Å². The fourth-order valence-corrected chi connectivity index (χ4v) is 4.43. The first kappa shape index (κ1) is 27.0. The maximum absolute atomic E-state index is 12.0. The number of nitrogens with one attached hydrogen (secondary N) is 4. The highest BCUT2D eigenvalue weighted by molar-refractivity contribution is 5.94. The smallest absolute Gasteiger partial charge is 0.251 e. The van der Waals surface area contributed by atoms with Crippen LogP contribution in [0.3, 0.4) is 0 Å². The number of carbonyl (C=O) groups excluding carboxylic acids is 1. The van der Waals surface area contributed by atoms with Gasteiger partial charge in [0.25, 0.3) is 5.91 Å². The van der Waals surface area contributed by atoms with Crippen LogP contribution >= 0.6 is 0 Å². The third-order valence-corrected chi connectivity index (χ3v) is 6.43. The summed E-state index contributed by atoms with van der Waals surface area (Å²) in [4.78, 5) is 28.2. The molecule has 1 aromatic heterocycles. The Morgan fingerprint density at radius 2 is 1.59 bits per heavy atom. The fourth-order valence-electron chi connectivity index (χ4n) is 4.43. The molecule has 11 nitrogen and oxygen atoms in total. The highest BCUT2D eigenvalue weighted by atomic mass is 16.5. The van der Waals surface area contributed by atoms with Crippen LogP contribution in [0.1, 0.15) is 42.5 Å². The van der Waals surface area contributed by atoms with Crippen molar-refractivity contribution in [3.05, 3.63) is 35.9 Å². The summed E-state index contributed by atoms with van der Waals surface area (Å²) in [5.41, 5.74) is 0.647. The van der Waals surface area contributed by atoms with Crippen molar-refractivity contribution in [2.75, 3.05) is 81.2 Å². The van der Waals surface area contributed by atoms with Gasteiger partial charge in [-0.2, -0.15) is 15.0 Å². The Morgan fingerprint density at radius 1 is 0.892 bits per heavy atom. The molecule has 0 spiro atoms. The molecule has 1 aliphatic carbocycles. The quantitative estimate of drug-likeness (QED) is 0.279. The van der Waals surface area contributed by atoms with E-state index in [0.717, 1.165) is 39.0 Å². The predicted octanol–water partition coefficient (Wildman–Crippen LogP) is 1.90. The number of anilines is 3. The van der Waals surface area contributed by atoms with Crippen LogP contribution in [0, 0.1) is 0 Å². The van der Waals surface area contributed by atoms with E-state index in [2.05, 4.69) is 36.1 Å². The van der Waals surface area contributed by atoms with Gasteiger partial charge in [-0.1, -0.05) is 37.5 Å². The zero-order chi connectivity index (χ0) is 25.5. The van der Waals surface area contributed by atoms with Crippen LogP contribution in [0.2, 0.25) is 0 Å². The lowest BCUT2D eigenvalue weighted by Crippen LogP contribution is -2.44. The van der Waals surface area contributed by atoms with E-state index in [0.29, 0.717) is 69.0 Å². The number of aromatic nitrogens is 3. The topological polar surface area (TPSA) is 126 Å². The monoisotopic (exact) mass is 512 g/mol. The summed E-state index contributed by atoms with van der Waals surface area (Å²) in [5, 5.41) is 13.0. The Morgan fingerprint density at radius 3 is 2.35 bits per heavy atom. The van der Waals surface area contributed by atoms with Crippen molar-refractivity contribution < 1.29 is 14.3 Å². The van der Waals surface area contributed by atoms with Gasteiger partial charge in [0, 0.05) is 50.9 Å². The standard InChI is InChI=1S/C26H40N8O3/c35-23(21-7-3-1-4-8-21)28-13-17-36-19-20-37-18-14-29-24-31-25(30-22-9-5-2-6-10-22)33-26(32-24)34-15-11-27-12-16-34/h1,3-4,7-8,22,27H,2,5-6,9-20H2,(H,28,35)(H2,29,30,31,32,33). The summed E-state index contributed by atoms with van der Waals surface area (Å²) in [5.74, 6) is 1.83. The van der Waals surface area contributed by atoms with Crippen molar-refractivity contribution in [2.24, 2.45) is 0 Å². The third kappa shape index (κ3) is 9.42. The maximum atomic E-state index is 12.0. The number of carbonyl (C=O) groups is 1. The molecular formula is C26H40N8O3. The van der Waals surface area contributed by atoms with Crippen LogP contribution in [-0.4, -0.2) is 92.6 Å². The molecule has 2 heterocycles. The van der Waals surface area contributed by atoms with Gasteiger partial charge in [0.2, 0.25) is 17.8 Å². The van der Waals surface area contributed by atoms with Crippen molar-refractivity contribution in [1.29, 1.82) is 0 Å². The molecule has 1 saturated carbocycles. The van der Waals surface area contributed by atoms with Crippen LogP contribution < -0.4 is 26.2 Å². The highest BCUT2D eigenvalue weighted by Crippen LogP contribution is 2.22. The van der Waals surface area contributed by atoms with Gasteiger partial charge in [-0.05, 0) is 25.0 Å². The lowest BCUT2D eigenvalue weighted by molar-refractivity contribution is 0.0519. The molecule has 0 bridgehead atoms. The first-order chi connectivity index (χ1) is 18.3. The number of amides is 1. The van der Waals surface area contributed by atoms with Crippen LogP contribution in [0.4, 0.5) is 17.8 Å². The van der Waals surface area contributed by atoms with E-state index < -0.39 is 0 Å². The zero-order valence-corrected chi connectivity index (χ0v) is 21.6. The van der Waals surface area contributed by atoms with Crippen molar-refractivity contribution in [1.82, 2.24) is 25.6 Å². The molecule has 4 N–H and O–H groups in total. The Hall–Kier alpha value is -3.02. The summed E-state index contributed by atoms with van der Waals surface area (Å²) in [7, 11) is 0. The van der Waals surface area contributed by atoms with E-state index >= 15 is 0 Å². The Labute approximate surface area is 219 Å². The minimum atomic E-state index is -0.0953. The first-order valence-corrected chi connectivity index (χ1v) is 13.5. The summed E-state index contributed by atoms with van der Waals surface area (Å²) in [6.07, 6.45) is 6.13. The molecular weight excluding hydrogens is 472 g/mol. The largest absolute Gasteiger partial charge is 0.377 e. The van der Waals surface area contributed by atoms with Gasteiger partial charge < -0.3 is 35.6 Å². The number of rotatable bonds is 14. The minimum absolute atomic E-state index is 0.0953. The van der Waals surface area contributed by atoms with E-state index in [1.807, 2.05) is 18.2 Å². The van der Waals surface area contributed by atoms with E-state index in [-0.39, 0.29) is 5.91 Å². The van der Waals surface area contributed by atoms with Crippen LogP contribution in [0.15, 0.2) is 30.3 Å². The average molecular weight is 513 g/mol. The summed E-state index contributed by atoms with van der Waals surface area (Å²) < 4.78 is 11.2. The van der Waals surface area contributed by atoms with E-state index in [9.17, 15) is 4.79 Å². The molecule has 2 aliphatic rings. The van der Waals surface area contributed by atoms with Crippen LogP contribution in [-0.2, 0) is 9.47 Å². The molecule has 202 valence electrons. The van der Waals surface area contributed by atoms with Crippen molar-refractivity contribution >= 4 is 23.8 Å². The highest BCUT2D eigenvalue weighted by Gasteiger charge is 2.19. The molecule has 1 aromatic carbocycles. The predicted molar refractivity (Wildman–Crippen MR) is 144 cm³/mol. The number of nitrogens with zero attached hydrogens (tertiary/aromatic N) is 4. The molecule has 2 fully saturated rings. The Kier molecular flexibility index (Phi) is 11.2. The first-order valence-electron chi connectivity index (χ1n) is 13.5. The van der Waals surface area contributed by atoms with Crippen molar-refractivity contribution in [3.8, 4) is 0 Å². The molecule has 1 aliphatic heterocycles. The summed E-state index contributed by atoms with van der Waals surface area (Å²) >= 11 is 0. The number of benzene rings is 1. The third-order valence-electron chi connectivity index (χ3n) is 6.43. The lowest BCUT2D eigenvalue weighted by atomic mass is 9.96. The molecule has 1 amide bonds. The molecule has 2 aromatic rings. The summed E-state index contributed by atoms with van der Waals surface area (Å²) in [6.45, 7) is 6.55.